The van der Waals surface area contributed by atoms with Crippen molar-refractivity contribution in [2.75, 3.05) is 32.8 Å². The number of nitrogens with zero attached hydrogens (tertiary/aromatic N) is 2. The molecule has 0 aliphatic carbocycles. The van der Waals surface area contributed by atoms with Crippen molar-refractivity contribution in [3.8, 4) is 11.5 Å². The van der Waals surface area contributed by atoms with Gasteiger partial charge in [-0.05, 0) is 17.7 Å². The summed E-state index contributed by atoms with van der Waals surface area (Å²) >= 11 is 0. The molecule has 1 N–H and O–H groups in total. The maximum atomic E-state index is 5.98. The first-order chi connectivity index (χ1) is 11.9. The van der Waals surface area contributed by atoms with E-state index in [4.69, 9.17) is 9.47 Å². The fourth-order valence-corrected chi connectivity index (χ4v) is 3.43. The van der Waals surface area contributed by atoms with E-state index in [9.17, 15) is 0 Å². The van der Waals surface area contributed by atoms with Gasteiger partial charge in [-0.15, -0.1) is 12.4 Å². The van der Waals surface area contributed by atoms with E-state index in [-0.39, 0.29) is 12.4 Å². The second-order valence-corrected chi connectivity index (χ2v) is 6.27. The van der Waals surface area contributed by atoms with Crippen LogP contribution in [0.5, 0.6) is 11.5 Å². The summed E-state index contributed by atoms with van der Waals surface area (Å²) in [5.74, 6) is 1.79. The Kier molecular flexibility index (Phi) is 6.13. The lowest BCUT2D eigenvalue weighted by atomic mass is 10.0. The molecule has 3 heterocycles. The molecular formula is C19H24ClN3O2. The minimum Gasteiger partial charge on any atom is -0.490 e. The third-order valence-electron chi connectivity index (χ3n) is 4.65. The Labute approximate surface area is 154 Å². The first-order valence-corrected chi connectivity index (χ1v) is 8.64. The van der Waals surface area contributed by atoms with E-state index in [1.54, 1.807) is 0 Å². The summed E-state index contributed by atoms with van der Waals surface area (Å²) in [6.07, 6.45) is 4.72. The molecule has 2 aliphatic rings. The van der Waals surface area contributed by atoms with Gasteiger partial charge in [-0.3, -0.25) is 9.88 Å². The van der Waals surface area contributed by atoms with E-state index >= 15 is 0 Å². The van der Waals surface area contributed by atoms with Crippen LogP contribution >= 0.6 is 12.4 Å². The highest BCUT2D eigenvalue weighted by molar-refractivity contribution is 5.85. The van der Waals surface area contributed by atoms with Gasteiger partial charge in [-0.2, -0.15) is 0 Å². The van der Waals surface area contributed by atoms with E-state index in [1.165, 1.54) is 11.1 Å². The molecule has 0 bridgehead atoms. The third kappa shape index (κ3) is 4.06. The summed E-state index contributed by atoms with van der Waals surface area (Å²) in [5, 5.41) is 3.50. The quantitative estimate of drug-likeness (QED) is 0.910. The van der Waals surface area contributed by atoms with Gasteiger partial charge < -0.3 is 14.8 Å². The summed E-state index contributed by atoms with van der Waals surface area (Å²) in [6.45, 7) is 5.25. The Hall–Kier alpha value is -1.82. The lowest BCUT2D eigenvalue weighted by Crippen LogP contribution is -2.45. The minimum atomic E-state index is 0. The number of benzene rings is 1. The normalized spacial score (nSPS) is 20.4. The van der Waals surface area contributed by atoms with Crippen LogP contribution in [0.1, 0.15) is 23.6 Å². The molecule has 0 amide bonds. The molecule has 1 unspecified atom stereocenters. The van der Waals surface area contributed by atoms with Crippen molar-refractivity contribution in [1.29, 1.82) is 0 Å². The molecule has 0 radical (unpaired) electrons. The Bertz CT molecular complexity index is 684. The van der Waals surface area contributed by atoms with Crippen LogP contribution in [0.4, 0.5) is 0 Å². The molecule has 25 heavy (non-hydrogen) atoms. The van der Waals surface area contributed by atoms with Crippen LogP contribution in [0.25, 0.3) is 0 Å². The Balaban J connectivity index is 0.00000182. The molecule has 4 rings (SSSR count). The zero-order valence-corrected chi connectivity index (χ0v) is 15.0. The van der Waals surface area contributed by atoms with Gasteiger partial charge in [0.2, 0.25) is 0 Å². The van der Waals surface area contributed by atoms with Crippen molar-refractivity contribution < 1.29 is 9.47 Å². The maximum absolute atomic E-state index is 5.98. The number of para-hydroxylation sites is 1. The number of ether oxygens (including phenoxy) is 2. The third-order valence-corrected chi connectivity index (χ3v) is 4.65. The standard InChI is InChI=1S/C19H23N3O2.ClH/c1-4-16(19-18(6-1)23-10-3-11-24-19)14-22-9-8-21-13-17(22)15-5-2-7-20-12-15;/h1-2,4-7,12,17,21H,3,8-11,13-14H2;1H. The highest BCUT2D eigenvalue weighted by atomic mass is 35.5. The van der Waals surface area contributed by atoms with Crippen LogP contribution < -0.4 is 14.8 Å². The average Bonchev–Trinajstić information content (AvgIpc) is 2.89. The molecule has 2 aromatic rings. The number of hydrogen-bond donors (Lipinski definition) is 1. The molecular weight excluding hydrogens is 338 g/mol. The minimum absolute atomic E-state index is 0. The van der Waals surface area contributed by atoms with Crippen LogP contribution in [0.3, 0.4) is 0 Å². The van der Waals surface area contributed by atoms with Crippen molar-refractivity contribution in [1.82, 2.24) is 15.2 Å². The van der Waals surface area contributed by atoms with Crippen LogP contribution in [0.2, 0.25) is 0 Å². The number of aromatic nitrogens is 1. The number of nitrogens with one attached hydrogen (secondary N) is 1. The highest BCUT2D eigenvalue weighted by Crippen LogP contribution is 2.35. The van der Waals surface area contributed by atoms with Gasteiger partial charge in [-0.1, -0.05) is 18.2 Å². The second-order valence-electron chi connectivity index (χ2n) is 6.27. The molecule has 1 atom stereocenters. The Morgan fingerprint density at radius 1 is 1.16 bits per heavy atom. The first-order valence-electron chi connectivity index (χ1n) is 8.64. The summed E-state index contributed by atoms with van der Waals surface area (Å²) in [5.41, 5.74) is 2.45. The van der Waals surface area contributed by atoms with Gasteiger partial charge in [-0.25, -0.2) is 0 Å². The molecule has 0 spiro atoms. The fourth-order valence-electron chi connectivity index (χ4n) is 3.43. The predicted molar refractivity (Wildman–Crippen MR) is 99.6 cm³/mol. The number of pyridine rings is 1. The van der Waals surface area contributed by atoms with E-state index in [0.717, 1.165) is 57.3 Å². The number of piperazine rings is 1. The van der Waals surface area contributed by atoms with Crippen molar-refractivity contribution in [2.24, 2.45) is 0 Å². The summed E-state index contributed by atoms with van der Waals surface area (Å²) in [7, 11) is 0. The first kappa shape index (κ1) is 18.0. The largest absolute Gasteiger partial charge is 0.490 e. The van der Waals surface area contributed by atoms with Gasteiger partial charge in [0, 0.05) is 56.6 Å². The van der Waals surface area contributed by atoms with Crippen molar-refractivity contribution in [3.63, 3.8) is 0 Å². The SMILES string of the molecule is Cl.c1cncc(C2CNCCN2Cc2cccc3c2OCCCO3)c1. The van der Waals surface area contributed by atoms with Crippen molar-refractivity contribution in [2.45, 2.75) is 19.0 Å². The summed E-state index contributed by atoms with van der Waals surface area (Å²) in [4.78, 5) is 6.78. The van der Waals surface area contributed by atoms with E-state index in [2.05, 4.69) is 33.4 Å². The molecule has 1 fully saturated rings. The lowest BCUT2D eigenvalue weighted by molar-refractivity contribution is 0.151. The van der Waals surface area contributed by atoms with Gasteiger partial charge in [0.15, 0.2) is 11.5 Å². The summed E-state index contributed by atoms with van der Waals surface area (Å²) < 4.78 is 11.8. The van der Waals surface area contributed by atoms with Crippen molar-refractivity contribution >= 4 is 12.4 Å². The molecule has 1 saturated heterocycles. The number of rotatable bonds is 3. The van der Waals surface area contributed by atoms with E-state index in [1.807, 2.05) is 24.5 Å². The average molecular weight is 362 g/mol. The smallest absolute Gasteiger partial charge is 0.165 e. The zero-order chi connectivity index (χ0) is 16.2. The van der Waals surface area contributed by atoms with Crippen molar-refractivity contribution in [3.05, 3.63) is 53.9 Å². The molecule has 134 valence electrons. The summed E-state index contributed by atoms with van der Waals surface area (Å²) in [6, 6.07) is 10.7. The number of hydrogen-bond acceptors (Lipinski definition) is 5. The number of fused-ring (bicyclic) bond motifs is 1. The predicted octanol–water partition coefficient (Wildman–Crippen LogP) is 2.81. The van der Waals surface area contributed by atoms with Crippen LogP contribution in [-0.2, 0) is 6.54 Å². The lowest BCUT2D eigenvalue weighted by Gasteiger charge is -2.36. The molecule has 1 aromatic heterocycles. The van der Waals surface area contributed by atoms with E-state index < -0.39 is 0 Å². The van der Waals surface area contributed by atoms with Crippen LogP contribution in [-0.4, -0.2) is 42.7 Å². The molecule has 1 aromatic carbocycles. The maximum Gasteiger partial charge on any atom is 0.165 e. The monoisotopic (exact) mass is 361 g/mol. The molecule has 5 nitrogen and oxygen atoms in total. The number of halogens is 1. The Morgan fingerprint density at radius 3 is 2.96 bits per heavy atom. The van der Waals surface area contributed by atoms with Gasteiger partial charge in [0.05, 0.1) is 13.2 Å². The van der Waals surface area contributed by atoms with Gasteiger partial charge >= 0.3 is 0 Å². The molecule has 0 saturated carbocycles. The second kappa shape index (κ2) is 8.52. The van der Waals surface area contributed by atoms with Crippen LogP contribution in [0, 0.1) is 0 Å². The highest BCUT2D eigenvalue weighted by Gasteiger charge is 2.25. The molecule has 2 aliphatic heterocycles. The van der Waals surface area contributed by atoms with Crippen LogP contribution in [0.15, 0.2) is 42.7 Å². The fraction of sp³-hybridized carbons (Fsp3) is 0.421. The van der Waals surface area contributed by atoms with Gasteiger partial charge in [0.25, 0.3) is 0 Å². The molecule has 6 heteroatoms. The van der Waals surface area contributed by atoms with Gasteiger partial charge in [0.1, 0.15) is 0 Å². The Morgan fingerprint density at radius 2 is 2.08 bits per heavy atom. The van der Waals surface area contributed by atoms with E-state index in [0.29, 0.717) is 6.04 Å². The topological polar surface area (TPSA) is 46.6 Å². The zero-order valence-electron chi connectivity index (χ0n) is 14.2.